The van der Waals surface area contributed by atoms with Gasteiger partial charge in [0, 0.05) is 70.4 Å². The summed E-state index contributed by atoms with van der Waals surface area (Å²) in [6, 6.07) is 15.2. The molecular formula is C29H35N5O2Si. The lowest BCUT2D eigenvalue weighted by atomic mass is 10.0. The van der Waals surface area contributed by atoms with Crippen LogP contribution >= 0.6 is 0 Å². The standard InChI is InChI=1S/C29H35N5O2Si/c1-37(2,3)17-16-36-21-33-14-10-25-28-26(19-31-29(25)33)27(35)11-15-34(28)24-8-12-32(13-9-24)20-23-6-4-22(18-30)5-7-23/h4-7,10-11,14-15,19,24H,8-9,12-13,16-17,20-21H2,1-3H3. The predicted octanol–water partition coefficient (Wildman–Crippen LogP) is 5.37. The minimum Gasteiger partial charge on any atom is -0.361 e. The molecule has 5 rings (SSSR count). The Morgan fingerprint density at radius 1 is 1.05 bits per heavy atom. The van der Waals surface area contributed by atoms with Gasteiger partial charge in [-0.05, 0) is 42.6 Å². The minimum absolute atomic E-state index is 0.0121. The molecule has 0 saturated carbocycles. The number of hydrogen-bond donors (Lipinski definition) is 0. The number of aromatic nitrogens is 3. The highest BCUT2D eigenvalue weighted by Gasteiger charge is 2.23. The van der Waals surface area contributed by atoms with Crippen LogP contribution in [0.25, 0.3) is 21.9 Å². The zero-order valence-electron chi connectivity index (χ0n) is 22.0. The van der Waals surface area contributed by atoms with Crippen LogP contribution in [-0.2, 0) is 18.0 Å². The van der Waals surface area contributed by atoms with Gasteiger partial charge in [-0.2, -0.15) is 5.26 Å². The number of rotatable bonds is 8. The Morgan fingerprint density at radius 3 is 2.51 bits per heavy atom. The number of fused-ring (bicyclic) bond motifs is 3. The van der Waals surface area contributed by atoms with Crippen LogP contribution < -0.4 is 5.43 Å². The summed E-state index contributed by atoms with van der Waals surface area (Å²) in [7, 11) is -1.14. The van der Waals surface area contributed by atoms with E-state index in [9.17, 15) is 4.79 Å². The SMILES string of the molecule is C[Si](C)(C)CCOCn1ccc2c1ncc1c(=O)ccn(C3CCN(Cc4ccc(C#N)cc4)CC3)c12. The zero-order chi connectivity index (χ0) is 26.0. The number of benzene rings is 1. The largest absolute Gasteiger partial charge is 0.361 e. The predicted molar refractivity (Wildman–Crippen MR) is 150 cm³/mol. The van der Waals surface area contributed by atoms with E-state index in [2.05, 4.69) is 46.2 Å². The van der Waals surface area contributed by atoms with Crippen molar-refractivity contribution in [3.8, 4) is 6.07 Å². The third kappa shape index (κ3) is 5.69. The van der Waals surface area contributed by atoms with Crippen LogP contribution in [0.15, 0.2) is 59.8 Å². The second-order valence-electron chi connectivity index (χ2n) is 11.3. The van der Waals surface area contributed by atoms with Crippen molar-refractivity contribution in [3.05, 3.63) is 76.3 Å². The van der Waals surface area contributed by atoms with E-state index in [1.54, 1.807) is 12.3 Å². The van der Waals surface area contributed by atoms with Crippen molar-refractivity contribution < 1.29 is 4.74 Å². The van der Waals surface area contributed by atoms with Gasteiger partial charge in [-0.25, -0.2) is 4.98 Å². The van der Waals surface area contributed by atoms with E-state index in [1.165, 1.54) is 5.56 Å². The summed E-state index contributed by atoms with van der Waals surface area (Å²) in [6.07, 6.45) is 7.74. The molecule has 0 unspecified atom stereocenters. The summed E-state index contributed by atoms with van der Waals surface area (Å²) < 4.78 is 10.3. The summed E-state index contributed by atoms with van der Waals surface area (Å²) in [5, 5.41) is 10.7. The summed E-state index contributed by atoms with van der Waals surface area (Å²) in [5.41, 5.74) is 3.77. The first-order valence-corrected chi connectivity index (χ1v) is 16.8. The quantitative estimate of drug-likeness (QED) is 0.234. The van der Waals surface area contributed by atoms with Gasteiger partial charge in [-0.15, -0.1) is 0 Å². The van der Waals surface area contributed by atoms with E-state index in [4.69, 9.17) is 10.00 Å². The van der Waals surface area contributed by atoms with Crippen LogP contribution in [-0.4, -0.2) is 46.8 Å². The van der Waals surface area contributed by atoms with E-state index in [-0.39, 0.29) is 5.43 Å². The van der Waals surface area contributed by atoms with E-state index < -0.39 is 8.07 Å². The fourth-order valence-electron chi connectivity index (χ4n) is 5.14. The van der Waals surface area contributed by atoms with Crippen LogP contribution in [0, 0.1) is 11.3 Å². The highest BCUT2D eigenvalue weighted by atomic mass is 28.3. The van der Waals surface area contributed by atoms with Gasteiger partial charge in [0.2, 0.25) is 0 Å². The lowest BCUT2D eigenvalue weighted by Crippen LogP contribution is -2.34. The Labute approximate surface area is 218 Å². The maximum atomic E-state index is 12.8. The Morgan fingerprint density at radius 2 is 1.81 bits per heavy atom. The molecule has 0 N–H and O–H groups in total. The Bertz CT molecular complexity index is 1490. The molecule has 3 aromatic heterocycles. The smallest absolute Gasteiger partial charge is 0.190 e. The van der Waals surface area contributed by atoms with E-state index in [1.807, 2.05) is 41.2 Å². The maximum absolute atomic E-state index is 12.8. The summed E-state index contributed by atoms with van der Waals surface area (Å²) >= 11 is 0. The highest BCUT2D eigenvalue weighted by Crippen LogP contribution is 2.30. The van der Waals surface area contributed by atoms with E-state index >= 15 is 0 Å². The number of likely N-dealkylation sites (tertiary alicyclic amines) is 1. The summed E-state index contributed by atoms with van der Waals surface area (Å²) in [5.74, 6) is 0. The molecule has 0 aliphatic carbocycles. The highest BCUT2D eigenvalue weighted by molar-refractivity contribution is 6.76. The van der Waals surface area contributed by atoms with Gasteiger partial charge in [-0.3, -0.25) is 9.69 Å². The average Bonchev–Trinajstić information content (AvgIpc) is 3.31. The van der Waals surface area contributed by atoms with Crippen molar-refractivity contribution in [2.24, 2.45) is 0 Å². The number of pyridine rings is 2. The van der Waals surface area contributed by atoms with Gasteiger partial charge < -0.3 is 13.9 Å². The molecule has 7 nitrogen and oxygen atoms in total. The molecule has 1 fully saturated rings. The minimum atomic E-state index is -1.14. The van der Waals surface area contributed by atoms with Gasteiger partial charge in [-0.1, -0.05) is 31.8 Å². The summed E-state index contributed by atoms with van der Waals surface area (Å²) in [6.45, 7) is 11.1. The number of hydrogen-bond acceptors (Lipinski definition) is 5. The molecule has 37 heavy (non-hydrogen) atoms. The van der Waals surface area contributed by atoms with Crippen molar-refractivity contribution in [2.45, 2.75) is 57.8 Å². The topological polar surface area (TPSA) is 76.1 Å². The third-order valence-electron chi connectivity index (χ3n) is 7.34. The van der Waals surface area contributed by atoms with E-state index in [0.29, 0.717) is 23.7 Å². The molecule has 0 atom stereocenters. The first kappa shape index (κ1) is 25.4. The lowest BCUT2D eigenvalue weighted by molar-refractivity contribution is 0.0899. The van der Waals surface area contributed by atoms with Gasteiger partial charge in [0.05, 0.1) is 22.5 Å². The third-order valence-corrected chi connectivity index (χ3v) is 9.04. The average molecular weight is 514 g/mol. The van der Waals surface area contributed by atoms with Gasteiger partial charge in [0.15, 0.2) is 5.43 Å². The number of piperidine rings is 1. The molecule has 1 aliphatic heterocycles. The molecule has 1 aliphatic rings. The van der Waals surface area contributed by atoms with Crippen LogP contribution in [0.3, 0.4) is 0 Å². The van der Waals surface area contributed by atoms with Crippen LogP contribution in [0.4, 0.5) is 0 Å². The number of nitriles is 1. The normalized spacial score (nSPS) is 15.4. The van der Waals surface area contributed by atoms with Crippen molar-refractivity contribution in [2.75, 3.05) is 19.7 Å². The molecule has 0 radical (unpaired) electrons. The Kier molecular flexibility index (Phi) is 7.29. The lowest BCUT2D eigenvalue weighted by Gasteiger charge is -2.34. The van der Waals surface area contributed by atoms with Gasteiger partial charge >= 0.3 is 0 Å². The fourth-order valence-corrected chi connectivity index (χ4v) is 5.90. The first-order valence-electron chi connectivity index (χ1n) is 13.1. The molecule has 4 heterocycles. The molecule has 4 aromatic rings. The Hall–Kier alpha value is -3.25. The first-order chi connectivity index (χ1) is 17.8. The van der Waals surface area contributed by atoms with E-state index in [0.717, 1.165) is 61.7 Å². The number of nitrogens with zero attached hydrogens (tertiary/aromatic N) is 5. The molecule has 1 aromatic carbocycles. The fraction of sp³-hybridized carbons (Fsp3) is 0.414. The Balaban J connectivity index is 1.34. The second-order valence-corrected chi connectivity index (χ2v) is 16.9. The molecule has 1 saturated heterocycles. The second kappa shape index (κ2) is 10.6. The van der Waals surface area contributed by atoms with Gasteiger partial charge in [0.25, 0.3) is 0 Å². The molecule has 192 valence electrons. The molecule has 0 bridgehead atoms. The van der Waals surface area contributed by atoms with Crippen LogP contribution in [0.1, 0.15) is 30.0 Å². The van der Waals surface area contributed by atoms with Crippen molar-refractivity contribution in [1.29, 1.82) is 5.26 Å². The van der Waals surface area contributed by atoms with Crippen LogP contribution in [0.5, 0.6) is 0 Å². The zero-order valence-corrected chi connectivity index (χ0v) is 23.0. The maximum Gasteiger partial charge on any atom is 0.190 e. The molecular weight excluding hydrogens is 478 g/mol. The van der Waals surface area contributed by atoms with Crippen molar-refractivity contribution >= 4 is 30.0 Å². The van der Waals surface area contributed by atoms with Crippen molar-refractivity contribution in [3.63, 3.8) is 0 Å². The van der Waals surface area contributed by atoms with Crippen LogP contribution in [0.2, 0.25) is 25.7 Å². The molecule has 0 amide bonds. The molecule has 8 heteroatoms. The molecule has 0 spiro atoms. The number of ether oxygens (including phenoxy) is 1. The van der Waals surface area contributed by atoms with Crippen molar-refractivity contribution in [1.82, 2.24) is 19.0 Å². The monoisotopic (exact) mass is 513 g/mol. The summed E-state index contributed by atoms with van der Waals surface area (Å²) in [4.78, 5) is 19.9. The van der Waals surface area contributed by atoms with Gasteiger partial charge in [0.1, 0.15) is 12.4 Å².